The molecule has 0 spiro atoms. The van der Waals surface area contributed by atoms with Gasteiger partial charge in [0.2, 0.25) is 0 Å². The van der Waals surface area contributed by atoms with Crippen LogP contribution in [0.15, 0.2) is 48.8 Å². The molecule has 6 rings (SSSR count). The van der Waals surface area contributed by atoms with Crippen LogP contribution in [-0.4, -0.2) is 57.5 Å². The van der Waals surface area contributed by atoms with E-state index in [0.29, 0.717) is 68.2 Å². The molecule has 0 atom stereocenters. The van der Waals surface area contributed by atoms with Gasteiger partial charge in [-0.05, 0) is 44.3 Å². The zero-order chi connectivity index (χ0) is 26.4. The Morgan fingerprint density at radius 1 is 1.16 bits per heavy atom. The van der Waals surface area contributed by atoms with Crippen LogP contribution >= 0.6 is 0 Å². The SMILES string of the molecule is CN(C)Cc1nc(Nc2ccc(-c3cnc4cc(F)ccn34)c3c2C(=O)CC3)ccc1C1(O)CCOCC1. The third-order valence-corrected chi connectivity index (χ3v) is 7.47. The van der Waals surface area contributed by atoms with E-state index in [1.54, 1.807) is 12.4 Å². The molecular formula is C29H30FN5O3. The number of aliphatic hydroxyl groups is 1. The Morgan fingerprint density at radius 2 is 1.97 bits per heavy atom. The molecule has 1 aliphatic heterocycles. The van der Waals surface area contributed by atoms with E-state index >= 15 is 0 Å². The van der Waals surface area contributed by atoms with Crippen molar-refractivity contribution in [3.05, 3.63) is 77.0 Å². The number of pyridine rings is 2. The molecule has 8 nitrogen and oxygen atoms in total. The first kappa shape index (κ1) is 24.7. The number of nitrogens with one attached hydrogen (secondary N) is 1. The number of imidazole rings is 1. The van der Waals surface area contributed by atoms with Crippen molar-refractivity contribution in [2.75, 3.05) is 32.6 Å². The summed E-state index contributed by atoms with van der Waals surface area (Å²) in [5.74, 6) is 0.345. The summed E-state index contributed by atoms with van der Waals surface area (Å²) < 4.78 is 21.0. The Bertz CT molecular complexity index is 1540. The number of anilines is 2. The van der Waals surface area contributed by atoms with Gasteiger partial charge in [0.15, 0.2) is 5.78 Å². The Kier molecular flexibility index (Phi) is 6.22. The second-order valence-corrected chi connectivity index (χ2v) is 10.4. The van der Waals surface area contributed by atoms with Crippen LogP contribution in [-0.2, 0) is 23.3 Å². The number of fused-ring (bicyclic) bond motifs is 2. The number of carbonyl (C=O) groups is 1. The van der Waals surface area contributed by atoms with Crippen LogP contribution in [0.3, 0.4) is 0 Å². The Hall–Kier alpha value is -3.66. The molecule has 0 saturated carbocycles. The van der Waals surface area contributed by atoms with Gasteiger partial charge in [0.25, 0.3) is 0 Å². The molecule has 4 aromatic rings. The number of rotatable bonds is 6. The fraction of sp³-hybridized carbons (Fsp3) is 0.345. The summed E-state index contributed by atoms with van der Waals surface area (Å²) in [6.07, 6.45) is 5.49. The van der Waals surface area contributed by atoms with Gasteiger partial charge < -0.3 is 20.1 Å². The molecule has 2 aliphatic rings. The molecule has 4 heterocycles. The lowest BCUT2D eigenvalue weighted by atomic mass is 9.85. The Balaban J connectivity index is 1.38. The minimum atomic E-state index is -0.967. The van der Waals surface area contributed by atoms with Crippen LogP contribution < -0.4 is 5.32 Å². The number of carbonyl (C=O) groups excluding carboxylic acids is 1. The number of aromatic nitrogens is 3. The first-order valence-electron chi connectivity index (χ1n) is 12.9. The molecule has 3 aromatic heterocycles. The normalized spacial score (nSPS) is 16.8. The molecule has 1 aliphatic carbocycles. The van der Waals surface area contributed by atoms with E-state index in [4.69, 9.17) is 9.72 Å². The van der Waals surface area contributed by atoms with Crippen molar-refractivity contribution in [3.8, 4) is 11.3 Å². The number of nitrogens with zero attached hydrogens (tertiary/aromatic N) is 4. The zero-order valence-electron chi connectivity index (χ0n) is 21.5. The minimum Gasteiger partial charge on any atom is -0.385 e. The molecule has 1 fully saturated rings. The van der Waals surface area contributed by atoms with Crippen molar-refractivity contribution in [2.24, 2.45) is 0 Å². The van der Waals surface area contributed by atoms with Crippen molar-refractivity contribution in [1.29, 1.82) is 0 Å². The third kappa shape index (κ3) is 4.36. The van der Waals surface area contributed by atoms with Gasteiger partial charge in [0, 0.05) is 68.0 Å². The summed E-state index contributed by atoms with van der Waals surface area (Å²) >= 11 is 0. The number of ether oxygens (including phenoxy) is 1. The molecule has 9 heteroatoms. The highest BCUT2D eigenvalue weighted by atomic mass is 19.1. The van der Waals surface area contributed by atoms with Gasteiger partial charge in [0.1, 0.15) is 17.3 Å². The standard InChI is InChI=1S/C29H30FN5O3/c1-34(2)17-23-21(29(37)10-13-38-14-11-29)5-8-26(33-23)32-22-6-3-19(20-4-7-25(36)28(20)22)24-16-31-27-15-18(30)9-12-35(24)27/h3,5-6,8-9,12,15-16,37H,4,7,10-11,13-14,17H2,1-2H3,(H,32,33). The van der Waals surface area contributed by atoms with E-state index in [-0.39, 0.29) is 11.6 Å². The van der Waals surface area contributed by atoms with E-state index in [1.165, 1.54) is 12.1 Å². The molecule has 38 heavy (non-hydrogen) atoms. The van der Waals surface area contributed by atoms with Crippen molar-refractivity contribution in [1.82, 2.24) is 19.3 Å². The predicted octanol–water partition coefficient (Wildman–Crippen LogP) is 4.47. The van der Waals surface area contributed by atoms with Crippen LogP contribution in [0.4, 0.5) is 15.9 Å². The lowest BCUT2D eigenvalue weighted by Crippen LogP contribution is -2.35. The smallest absolute Gasteiger partial charge is 0.165 e. The summed E-state index contributed by atoms with van der Waals surface area (Å²) in [7, 11) is 3.94. The van der Waals surface area contributed by atoms with Gasteiger partial charge in [-0.15, -0.1) is 0 Å². The topological polar surface area (TPSA) is 92.0 Å². The molecule has 2 N–H and O–H groups in total. The monoisotopic (exact) mass is 515 g/mol. The molecule has 0 unspecified atom stereocenters. The maximum Gasteiger partial charge on any atom is 0.165 e. The summed E-state index contributed by atoms with van der Waals surface area (Å²) in [4.78, 5) is 24.3. The van der Waals surface area contributed by atoms with Crippen molar-refractivity contribution in [3.63, 3.8) is 0 Å². The quantitative estimate of drug-likeness (QED) is 0.392. The first-order valence-corrected chi connectivity index (χ1v) is 12.9. The van der Waals surface area contributed by atoms with Crippen LogP contribution in [0.1, 0.15) is 46.4 Å². The number of benzene rings is 1. The highest BCUT2D eigenvalue weighted by Crippen LogP contribution is 2.39. The average molecular weight is 516 g/mol. The van der Waals surface area contributed by atoms with E-state index in [0.717, 1.165) is 28.1 Å². The summed E-state index contributed by atoms with van der Waals surface area (Å²) in [6.45, 7) is 1.60. The maximum absolute atomic E-state index is 13.7. The van der Waals surface area contributed by atoms with Gasteiger partial charge in [-0.3, -0.25) is 9.20 Å². The highest BCUT2D eigenvalue weighted by Gasteiger charge is 2.35. The van der Waals surface area contributed by atoms with Crippen molar-refractivity contribution in [2.45, 2.75) is 37.8 Å². The molecule has 1 saturated heterocycles. The van der Waals surface area contributed by atoms with Gasteiger partial charge >= 0.3 is 0 Å². The van der Waals surface area contributed by atoms with Gasteiger partial charge in [-0.25, -0.2) is 14.4 Å². The van der Waals surface area contributed by atoms with Crippen molar-refractivity contribution < 1.29 is 19.0 Å². The second kappa shape index (κ2) is 9.58. The fourth-order valence-corrected chi connectivity index (χ4v) is 5.62. The molecule has 1 aromatic carbocycles. The number of hydrogen-bond donors (Lipinski definition) is 2. The molecule has 0 bridgehead atoms. The number of halogens is 1. The lowest BCUT2D eigenvalue weighted by Gasteiger charge is -2.34. The van der Waals surface area contributed by atoms with Crippen molar-refractivity contribution >= 4 is 22.9 Å². The highest BCUT2D eigenvalue weighted by molar-refractivity contribution is 6.07. The fourth-order valence-electron chi connectivity index (χ4n) is 5.62. The van der Waals surface area contributed by atoms with Crippen LogP contribution in [0.25, 0.3) is 16.9 Å². The van der Waals surface area contributed by atoms with E-state index in [2.05, 4.69) is 10.3 Å². The number of Topliss-reactive ketones (excluding diaryl/α,β-unsaturated/α-hetero) is 1. The number of ketones is 1. The molecule has 0 radical (unpaired) electrons. The summed E-state index contributed by atoms with van der Waals surface area (Å²) in [5, 5.41) is 14.7. The van der Waals surface area contributed by atoms with Gasteiger partial charge in [-0.1, -0.05) is 12.1 Å². The molecule has 0 amide bonds. The largest absolute Gasteiger partial charge is 0.385 e. The van der Waals surface area contributed by atoms with Crippen LogP contribution in [0.5, 0.6) is 0 Å². The Morgan fingerprint density at radius 3 is 2.76 bits per heavy atom. The second-order valence-electron chi connectivity index (χ2n) is 10.4. The third-order valence-electron chi connectivity index (χ3n) is 7.47. The summed E-state index contributed by atoms with van der Waals surface area (Å²) in [6, 6.07) is 10.5. The first-order chi connectivity index (χ1) is 18.3. The molecular weight excluding hydrogens is 485 g/mol. The summed E-state index contributed by atoms with van der Waals surface area (Å²) in [5.41, 5.74) is 5.20. The zero-order valence-corrected chi connectivity index (χ0v) is 21.5. The predicted molar refractivity (Wildman–Crippen MR) is 142 cm³/mol. The van der Waals surface area contributed by atoms with E-state index in [1.807, 2.05) is 47.7 Å². The van der Waals surface area contributed by atoms with E-state index < -0.39 is 5.60 Å². The number of hydrogen-bond acceptors (Lipinski definition) is 7. The van der Waals surface area contributed by atoms with Crippen LogP contribution in [0.2, 0.25) is 0 Å². The maximum atomic E-state index is 13.7. The Labute approximate surface area is 220 Å². The van der Waals surface area contributed by atoms with Gasteiger partial charge in [-0.2, -0.15) is 0 Å². The molecule has 196 valence electrons. The van der Waals surface area contributed by atoms with Crippen LogP contribution in [0, 0.1) is 5.82 Å². The lowest BCUT2D eigenvalue weighted by molar-refractivity contribution is -0.0688. The van der Waals surface area contributed by atoms with Gasteiger partial charge in [0.05, 0.1) is 28.9 Å². The minimum absolute atomic E-state index is 0.0749. The van der Waals surface area contributed by atoms with E-state index in [9.17, 15) is 14.3 Å². The average Bonchev–Trinajstić information content (AvgIpc) is 3.48.